The summed E-state index contributed by atoms with van der Waals surface area (Å²) in [4.78, 5) is 8.66. The molecule has 0 unspecified atom stereocenters. The maximum atomic E-state index is 4.39. The van der Waals surface area contributed by atoms with Gasteiger partial charge >= 0.3 is 0 Å². The molecule has 1 aromatic heterocycles. The van der Waals surface area contributed by atoms with Crippen molar-refractivity contribution in [3.63, 3.8) is 0 Å². The number of anilines is 1. The fraction of sp³-hybridized carbons (Fsp3) is 0.333. The molecule has 94 valence electrons. The molecular formula is C15H19N3. The van der Waals surface area contributed by atoms with Crippen LogP contribution in [-0.4, -0.2) is 17.0 Å². The lowest BCUT2D eigenvalue weighted by Crippen LogP contribution is -1.98. The highest BCUT2D eigenvalue weighted by Crippen LogP contribution is 2.23. The number of benzene rings is 1. The summed E-state index contributed by atoms with van der Waals surface area (Å²) in [7, 11) is 1.86. The second-order valence-corrected chi connectivity index (χ2v) is 4.80. The van der Waals surface area contributed by atoms with E-state index in [1.165, 1.54) is 5.56 Å². The van der Waals surface area contributed by atoms with Crippen molar-refractivity contribution in [2.45, 2.75) is 20.3 Å². The van der Waals surface area contributed by atoms with Crippen LogP contribution in [0.1, 0.15) is 19.4 Å². The summed E-state index contributed by atoms with van der Waals surface area (Å²) in [6, 6.07) is 8.57. The molecule has 0 saturated carbocycles. The molecule has 1 aromatic carbocycles. The molecule has 18 heavy (non-hydrogen) atoms. The van der Waals surface area contributed by atoms with E-state index in [1.54, 1.807) is 12.4 Å². The van der Waals surface area contributed by atoms with Crippen molar-refractivity contribution in [3.8, 4) is 11.3 Å². The summed E-state index contributed by atoms with van der Waals surface area (Å²) in [6.07, 6.45) is 4.53. The molecule has 0 spiro atoms. The fourth-order valence-corrected chi connectivity index (χ4v) is 2.00. The van der Waals surface area contributed by atoms with Crippen LogP contribution < -0.4 is 5.32 Å². The van der Waals surface area contributed by atoms with Gasteiger partial charge in [-0.3, -0.25) is 4.98 Å². The topological polar surface area (TPSA) is 37.8 Å². The van der Waals surface area contributed by atoms with Crippen molar-refractivity contribution in [1.82, 2.24) is 9.97 Å². The van der Waals surface area contributed by atoms with Crippen molar-refractivity contribution in [1.29, 1.82) is 0 Å². The van der Waals surface area contributed by atoms with E-state index in [1.807, 2.05) is 7.05 Å². The molecule has 0 amide bonds. The van der Waals surface area contributed by atoms with Gasteiger partial charge < -0.3 is 5.32 Å². The first kappa shape index (κ1) is 12.6. The number of hydrogen-bond acceptors (Lipinski definition) is 3. The van der Waals surface area contributed by atoms with E-state index < -0.39 is 0 Å². The molecule has 2 rings (SSSR count). The molecule has 0 aliphatic carbocycles. The zero-order valence-corrected chi connectivity index (χ0v) is 11.1. The van der Waals surface area contributed by atoms with Crippen LogP contribution in [0.3, 0.4) is 0 Å². The first-order valence-corrected chi connectivity index (χ1v) is 6.28. The van der Waals surface area contributed by atoms with Gasteiger partial charge in [0.15, 0.2) is 5.82 Å². The zero-order chi connectivity index (χ0) is 13.0. The van der Waals surface area contributed by atoms with Gasteiger partial charge in [-0.2, -0.15) is 0 Å². The summed E-state index contributed by atoms with van der Waals surface area (Å²) >= 11 is 0. The smallest absolute Gasteiger partial charge is 0.152 e. The predicted octanol–water partition coefficient (Wildman–Crippen LogP) is 3.38. The third-order valence-corrected chi connectivity index (χ3v) is 2.81. The SMILES string of the molecule is CNc1nccnc1-c1ccc(CC(C)C)cc1. The van der Waals surface area contributed by atoms with E-state index in [9.17, 15) is 0 Å². The van der Waals surface area contributed by atoms with Gasteiger partial charge in [0.2, 0.25) is 0 Å². The van der Waals surface area contributed by atoms with Crippen LogP contribution in [0, 0.1) is 5.92 Å². The highest BCUT2D eigenvalue weighted by Gasteiger charge is 2.06. The molecule has 0 aliphatic heterocycles. The van der Waals surface area contributed by atoms with Crippen LogP contribution in [0.2, 0.25) is 0 Å². The Kier molecular flexibility index (Phi) is 3.92. The van der Waals surface area contributed by atoms with Gasteiger partial charge in [0.1, 0.15) is 5.69 Å². The lowest BCUT2D eigenvalue weighted by Gasteiger charge is -2.08. The Morgan fingerprint density at radius 1 is 1.06 bits per heavy atom. The monoisotopic (exact) mass is 241 g/mol. The molecule has 0 fully saturated rings. The van der Waals surface area contributed by atoms with Crippen molar-refractivity contribution < 1.29 is 0 Å². The summed E-state index contributed by atoms with van der Waals surface area (Å²) in [6.45, 7) is 4.46. The lowest BCUT2D eigenvalue weighted by atomic mass is 10.0. The number of nitrogens with zero attached hydrogens (tertiary/aromatic N) is 2. The van der Waals surface area contributed by atoms with Crippen molar-refractivity contribution in [2.75, 3.05) is 12.4 Å². The summed E-state index contributed by atoms with van der Waals surface area (Å²) in [5.41, 5.74) is 3.36. The van der Waals surface area contributed by atoms with Gasteiger partial charge in [-0.05, 0) is 17.9 Å². The Morgan fingerprint density at radius 3 is 2.33 bits per heavy atom. The average Bonchev–Trinajstić information content (AvgIpc) is 2.39. The number of hydrogen-bond donors (Lipinski definition) is 1. The van der Waals surface area contributed by atoms with Gasteiger partial charge in [-0.25, -0.2) is 4.98 Å². The Hall–Kier alpha value is -1.90. The number of nitrogens with one attached hydrogen (secondary N) is 1. The van der Waals surface area contributed by atoms with Gasteiger partial charge in [-0.1, -0.05) is 38.1 Å². The highest BCUT2D eigenvalue weighted by molar-refractivity contribution is 5.70. The first-order chi connectivity index (χ1) is 8.70. The molecule has 3 nitrogen and oxygen atoms in total. The minimum absolute atomic E-state index is 0.681. The third kappa shape index (κ3) is 2.86. The minimum atomic E-state index is 0.681. The average molecular weight is 241 g/mol. The highest BCUT2D eigenvalue weighted by atomic mass is 15.0. The quantitative estimate of drug-likeness (QED) is 0.891. The molecular weight excluding hydrogens is 222 g/mol. The van der Waals surface area contributed by atoms with Gasteiger partial charge in [0, 0.05) is 25.0 Å². The number of aromatic nitrogens is 2. The third-order valence-electron chi connectivity index (χ3n) is 2.81. The van der Waals surface area contributed by atoms with Gasteiger partial charge in [0.25, 0.3) is 0 Å². The van der Waals surface area contributed by atoms with E-state index in [4.69, 9.17) is 0 Å². The molecule has 0 aliphatic rings. The molecule has 1 heterocycles. The fourth-order valence-electron chi connectivity index (χ4n) is 2.00. The zero-order valence-electron chi connectivity index (χ0n) is 11.1. The summed E-state index contributed by atoms with van der Waals surface area (Å²) in [5.74, 6) is 1.49. The Balaban J connectivity index is 2.28. The molecule has 1 N–H and O–H groups in total. The second kappa shape index (κ2) is 5.63. The van der Waals surface area contributed by atoms with E-state index in [-0.39, 0.29) is 0 Å². The molecule has 2 aromatic rings. The second-order valence-electron chi connectivity index (χ2n) is 4.80. The maximum absolute atomic E-state index is 4.39. The largest absolute Gasteiger partial charge is 0.371 e. The van der Waals surface area contributed by atoms with Crippen molar-refractivity contribution in [3.05, 3.63) is 42.2 Å². The first-order valence-electron chi connectivity index (χ1n) is 6.28. The Morgan fingerprint density at radius 2 is 1.72 bits per heavy atom. The van der Waals surface area contributed by atoms with E-state index in [2.05, 4.69) is 53.4 Å². The molecule has 0 bridgehead atoms. The molecule has 0 atom stereocenters. The lowest BCUT2D eigenvalue weighted by molar-refractivity contribution is 0.647. The molecule has 0 saturated heterocycles. The van der Waals surface area contributed by atoms with Crippen LogP contribution in [0.15, 0.2) is 36.7 Å². The van der Waals surface area contributed by atoms with Crippen molar-refractivity contribution in [2.24, 2.45) is 5.92 Å². The minimum Gasteiger partial charge on any atom is -0.371 e. The molecule has 0 radical (unpaired) electrons. The standard InChI is InChI=1S/C15H19N3/c1-11(2)10-12-4-6-13(7-5-12)14-15(16-3)18-9-8-17-14/h4-9,11H,10H2,1-3H3,(H,16,18). The normalized spacial score (nSPS) is 10.7. The number of rotatable bonds is 4. The maximum Gasteiger partial charge on any atom is 0.152 e. The van der Waals surface area contributed by atoms with Crippen LogP contribution in [-0.2, 0) is 6.42 Å². The van der Waals surface area contributed by atoms with Gasteiger partial charge in [-0.15, -0.1) is 0 Å². The predicted molar refractivity (Wildman–Crippen MR) is 75.6 cm³/mol. The van der Waals surface area contributed by atoms with Crippen LogP contribution in [0.5, 0.6) is 0 Å². The van der Waals surface area contributed by atoms with Crippen LogP contribution >= 0.6 is 0 Å². The van der Waals surface area contributed by atoms with E-state index >= 15 is 0 Å². The van der Waals surface area contributed by atoms with Gasteiger partial charge in [0.05, 0.1) is 0 Å². The summed E-state index contributed by atoms with van der Waals surface area (Å²) in [5, 5.41) is 3.07. The Labute approximate surface area is 108 Å². The van der Waals surface area contributed by atoms with Crippen LogP contribution in [0.25, 0.3) is 11.3 Å². The van der Waals surface area contributed by atoms with E-state index in [0.717, 1.165) is 23.5 Å². The molecule has 3 heteroatoms. The summed E-state index contributed by atoms with van der Waals surface area (Å²) < 4.78 is 0. The Bertz CT molecular complexity index is 503. The van der Waals surface area contributed by atoms with E-state index in [0.29, 0.717) is 5.92 Å². The van der Waals surface area contributed by atoms with Crippen LogP contribution in [0.4, 0.5) is 5.82 Å². The van der Waals surface area contributed by atoms with Crippen molar-refractivity contribution >= 4 is 5.82 Å².